The number of hydrogen-bond donors (Lipinski definition) is 2. The van der Waals surface area contributed by atoms with Gasteiger partial charge >= 0.3 is 6.18 Å². The molecule has 3 heterocycles. The van der Waals surface area contributed by atoms with Gasteiger partial charge in [0.2, 0.25) is 11.8 Å². The van der Waals surface area contributed by atoms with Crippen molar-refractivity contribution in [2.24, 2.45) is 0 Å². The van der Waals surface area contributed by atoms with Crippen LogP contribution in [0, 0.1) is 0 Å². The Hall–Kier alpha value is -3.43. The molecule has 1 aromatic carbocycles. The average Bonchev–Trinajstić information content (AvgIpc) is 3.34. The molecule has 30 heavy (non-hydrogen) atoms. The van der Waals surface area contributed by atoms with E-state index in [2.05, 4.69) is 25.8 Å². The van der Waals surface area contributed by atoms with Gasteiger partial charge in [0.1, 0.15) is 5.41 Å². The lowest BCUT2D eigenvalue weighted by Crippen LogP contribution is -2.32. The monoisotopic (exact) mass is 417 g/mol. The first kappa shape index (κ1) is 19.9. The SMILES string of the molecule is C[C@@]1(c2nnc(-c3ncccc3NCc3ccc(C(F)(F)F)cc3)o2)CCNC1=O. The summed E-state index contributed by atoms with van der Waals surface area (Å²) >= 11 is 0. The highest BCUT2D eigenvalue weighted by molar-refractivity contribution is 5.88. The zero-order valence-electron chi connectivity index (χ0n) is 16.0. The van der Waals surface area contributed by atoms with Crippen LogP contribution < -0.4 is 10.6 Å². The van der Waals surface area contributed by atoms with Crippen LogP contribution in [0.25, 0.3) is 11.6 Å². The number of rotatable bonds is 5. The fraction of sp³-hybridized carbons (Fsp3) is 0.300. The molecule has 156 valence electrons. The number of amides is 1. The lowest BCUT2D eigenvalue weighted by Gasteiger charge is -2.14. The number of anilines is 1. The highest BCUT2D eigenvalue weighted by Crippen LogP contribution is 2.33. The second-order valence-corrected chi connectivity index (χ2v) is 7.20. The molecule has 0 bridgehead atoms. The van der Waals surface area contributed by atoms with Gasteiger partial charge in [-0.05, 0) is 43.2 Å². The van der Waals surface area contributed by atoms with Crippen molar-refractivity contribution in [2.45, 2.75) is 31.5 Å². The predicted molar refractivity (Wildman–Crippen MR) is 101 cm³/mol. The fourth-order valence-electron chi connectivity index (χ4n) is 3.21. The molecule has 0 radical (unpaired) electrons. The molecule has 1 aliphatic heterocycles. The Bertz CT molecular complexity index is 1060. The van der Waals surface area contributed by atoms with Crippen molar-refractivity contribution in [1.82, 2.24) is 20.5 Å². The molecular formula is C20H18F3N5O2. The van der Waals surface area contributed by atoms with Gasteiger partial charge in [-0.2, -0.15) is 13.2 Å². The molecule has 4 rings (SSSR count). The quantitative estimate of drug-likeness (QED) is 0.660. The maximum absolute atomic E-state index is 12.7. The van der Waals surface area contributed by atoms with E-state index >= 15 is 0 Å². The van der Waals surface area contributed by atoms with E-state index < -0.39 is 17.2 Å². The Balaban J connectivity index is 1.53. The second kappa shape index (κ2) is 7.43. The van der Waals surface area contributed by atoms with Crippen molar-refractivity contribution in [1.29, 1.82) is 0 Å². The van der Waals surface area contributed by atoms with Crippen LogP contribution in [-0.2, 0) is 22.9 Å². The first-order valence-electron chi connectivity index (χ1n) is 9.25. The number of benzene rings is 1. The van der Waals surface area contributed by atoms with Crippen LogP contribution in [-0.4, -0.2) is 27.6 Å². The average molecular weight is 417 g/mol. The van der Waals surface area contributed by atoms with Gasteiger partial charge in [-0.15, -0.1) is 10.2 Å². The number of hydrogen-bond acceptors (Lipinski definition) is 6. The van der Waals surface area contributed by atoms with Crippen molar-refractivity contribution in [3.05, 3.63) is 59.6 Å². The summed E-state index contributed by atoms with van der Waals surface area (Å²) in [5, 5.41) is 14.0. The summed E-state index contributed by atoms with van der Waals surface area (Å²) < 4.78 is 43.9. The van der Waals surface area contributed by atoms with E-state index in [1.807, 2.05) is 0 Å². The zero-order valence-corrected chi connectivity index (χ0v) is 16.0. The van der Waals surface area contributed by atoms with E-state index in [0.717, 1.165) is 12.1 Å². The summed E-state index contributed by atoms with van der Waals surface area (Å²) in [4.78, 5) is 16.4. The largest absolute Gasteiger partial charge is 0.418 e. The molecule has 0 unspecified atom stereocenters. The standard InChI is InChI=1S/C20H18F3N5O2/c1-19(8-10-25-17(19)29)18-28-27-16(30-18)15-14(3-2-9-24-15)26-11-12-4-6-13(7-5-12)20(21,22)23/h2-7,9,26H,8,10-11H2,1H3,(H,25,29)/t19-/m1/s1. The van der Waals surface area contributed by atoms with Crippen LogP contribution in [0.4, 0.5) is 18.9 Å². The third kappa shape index (κ3) is 3.72. The van der Waals surface area contributed by atoms with Gasteiger partial charge in [0.15, 0.2) is 5.69 Å². The molecule has 1 aliphatic rings. The van der Waals surface area contributed by atoms with Crippen molar-refractivity contribution in [3.63, 3.8) is 0 Å². The summed E-state index contributed by atoms with van der Waals surface area (Å²) in [5.74, 6) is 0.202. The van der Waals surface area contributed by atoms with Gasteiger partial charge in [0.05, 0.1) is 11.3 Å². The normalized spacial score (nSPS) is 19.0. The second-order valence-electron chi connectivity index (χ2n) is 7.20. The van der Waals surface area contributed by atoms with Crippen molar-refractivity contribution < 1.29 is 22.4 Å². The Labute approximate surface area is 169 Å². The van der Waals surface area contributed by atoms with Crippen LogP contribution in [0.1, 0.15) is 30.4 Å². The smallest absolute Gasteiger partial charge is 0.416 e. The van der Waals surface area contributed by atoms with Crippen molar-refractivity contribution in [2.75, 3.05) is 11.9 Å². The number of nitrogens with one attached hydrogen (secondary N) is 2. The van der Waals surface area contributed by atoms with Crippen LogP contribution in [0.5, 0.6) is 0 Å². The van der Waals surface area contributed by atoms with Gasteiger partial charge in [-0.25, -0.2) is 4.98 Å². The maximum Gasteiger partial charge on any atom is 0.416 e. The molecule has 0 spiro atoms. The molecule has 1 atom stereocenters. The molecule has 1 fully saturated rings. The van der Waals surface area contributed by atoms with Gasteiger partial charge in [0, 0.05) is 19.3 Å². The molecule has 0 saturated carbocycles. The van der Waals surface area contributed by atoms with Gasteiger partial charge in [0.25, 0.3) is 5.89 Å². The minimum absolute atomic E-state index is 0.154. The Morgan fingerprint density at radius 1 is 1.20 bits per heavy atom. The Morgan fingerprint density at radius 2 is 1.97 bits per heavy atom. The number of aromatic nitrogens is 3. The molecule has 7 nitrogen and oxygen atoms in total. The van der Waals surface area contributed by atoms with Crippen LogP contribution >= 0.6 is 0 Å². The number of pyridine rings is 1. The van der Waals surface area contributed by atoms with E-state index in [4.69, 9.17) is 4.42 Å². The summed E-state index contributed by atoms with van der Waals surface area (Å²) in [5.41, 5.74) is 0.0579. The number of carbonyl (C=O) groups is 1. The topological polar surface area (TPSA) is 92.9 Å². The molecule has 10 heteroatoms. The summed E-state index contributed by atoms with van der Waals surface area (Å²) in [6, 6.07) is 8.37. The first-order chi connectivity index (χ1) is 14.3. The fourth-order valence-corrected chi connectivity index (χ4v) is 3.21. The highest BCUT2D eigenvalue weighted by Gasteiger charge is 2.44. The Morgan fingerprint density at radius 3 is 2.63 bits per heavy atom. The molecule has 1 amide bonds. The number of nitrogens with zero attached hydrogens (tertiary/aromatic N) is 3. The minimum Gasteiger partial charge on any atom is -0.418 e. The third-order valence-corrected chi connectivity index (χ3v) is 5.08. The summed E-state index contributed by atoms with van der Waals surface area (Å²) in [6.07, 6.45) is -2.26. The zero-order chi connectivity index (χ0) is 21.4. The molecule has 0 aliphatic carbocycles. The first-order valence-corrected chi connectivity index (χ1v) is 9.25. The van der Waals surface area contributed by atoms with E-state index in [1.54, 1.807) is 25.3 Å². The number of carbonyl (C=O) groups excluding carboxylic acids is 1. The third-order valence-electron chi connectivity index (χ3n) is 5.08. The van der Waals surface area contributed by atoms with E-state index in [0.29, 0.717) is 29.9 Å². The number of alkyl halides is 3. The lowest BCUT2D eigenvalue weighted by molar-refractivity contribution is -0.137. The summed E-state index contributed by atoms with van der Waals surface area (Å²) in [6.45, 7) is 2.56. The molecule has 2 aromatic heterocycles. The maximum atomic E-state index is 12.7. The molecule has 1 saturated heterocycles. The Kier molecular flexibility index (Phi) is 4.92. The van der Waals surface area contributed by atoms with Gasteiger partial charge < -0.3 is 15.1 Å². The highest BCUT2D eigenvalue weighted by atomic mass is 19.4. The van der Waals surface area contributed by atoms with Crippen molar-refractivity contribution in [3.8, 4) is 11.6 Å². The van der Waals surface area contributed by atoms with E-state index in [9.17, 15) is 18.0 Å². The van der Waals surface area contributed by atoms with Crippen LogP contribution in [0.15, 0.2) is 47.0 Å². The minimum atomic E-state index is -4.37. The van der Waals surface area contributed by atoms with E-state index in [1.165, 1.54) is 12.1 Å². The molecule has 2 N–H and O–H groups in total. The number of halogens is 3. The van der Waals surface area contributed by atoms with Crippen LogP contribution in [0.3, 0.4) is 0 Å². The van der Waals surface area contributed by atoms with Gasteiger partial charge in [-0.3, -0.25) is 4.79 Å². The van der Waals surface area contributed by atoms with E-state index in [-0.39, 0.29) is 24.2 Å². The summed E-state index contributed by atoms with van der Waals surface area (Å²) in [7, 11) is 0. The van der Waals surface area contributed by atoms with Crippen LogP contribution in [0.2, 0.25) is 0 Å². The predicted octanol–water partition coefficient (Wildman–Crippen LogP) is 3.54. The van der Waals surface area contributed by atoms with Gasteiger partial charge in [-0.1, -0.05) is 12.1 Å². The molecule has 3 aromatic rings. The lowest BCUT2D eigenvalue weighted by atomic mass is 9.89. The molecular weight excluding hydrogens is 399 g/mol. The van der Waals surface area contributed by atoms with Crippen molar-refractivity contribution >= 4 is 11.6 Å².